The third kappa shape index (κ3) is 3.81. The van der Waals surface area contributed by atoms with Gasteiger partial charge in [-0.05, 0) is 42.0 Å². The fourth-order valence-corrected chi connectivity index (χ4v) is 5.62. The lowest BCUT2D eigenvalue weighted by molar-refractivity contribution is 0.463. The van der Waals surface area contributed by atoms with Crippen molar-refractivity contribution in [2.75, 3.05) is 0 Å². The van der Waals surface area contributed by atoms with Gasteiger partial charge in [0.1, 0.15) is 4.83 Å². The highest BCUT2D eigenvalue weighted by atomic mass is 35.5. The maximum absolute atomic E-state index is 13.2. The van der Waals surface area contributed by atoms with E-state index in [1.807, 2.05) is 48.5 Å². The Morgan fingerprint density at radius 1 is 1.13 bits per heavy atom. The summed E-state index contributed by atoms with van der Waals surface area (Å²) in [7, 11) is 0. The maximum atomic E-state index is 13.2. The van der Waals surface area contributed by atoms with Gasteiger partial charge in [-0.2, -0.15) is 0 Å². The SMILES string of the molecule is O=c1c2c3c(sc2ncn1Cc1ccccc1)CC(NCc1ccccc1Cl)CC3. The first-order valence-corrected chi connectivity index (χ1v) is 11.4. The monoisotopic (exact) mass is 435 g/mol. The number of fused-ring (bicyclic) bond motifs is 3. The summed E-state index contributed by atoms with van der Waals surface area (Å²) >= 11 is 7.95. The smallest absolute Gasteiger partial charge is 0.262 e. The van der Waals surface area contributed by atoms with Crippen LogP contribution in [0.5, 0.6) is 0 Å². The van der Waals surface area contributed by atoms with Crippen LogP contribution in [-0.4, -0.2) is 15.6 Å². The zero-order chi connectivity index (χ0) is 20.5. The summed E-state index contributed by atoms with van der Waals surface area (Å²) in [5, 5.41) is 5.26. The third-order valence-electron chi connectivity index (χ3n) is 5.77. The van der Waals surface area contributed by atoms with Crippen molar-refractivity contribution >= 4 is 33.2 Å². The van der Waals surface area contributed by atoms with E-state index in [1.165, 1.54) is 10.4 Å². The van der Waals surface area contributed by atoms with Gasteiger partial charge in [-0.25, -0.2) is 4.98 Å². The number of halogens is 1. The molecule has 2 aromatic carbocycles. The Morgan fingerprint density at radius 3 is 2.77 bits per heavy atom. The Morgan fingerprint density at radius 2 is 1.93 bits per heavy atom. The first kappa shape index (κ1) is 19.5. The molecular formula is C24H22ClN3OS. The Kier molecular flexibility index (Phi) is 5.42. The molecule has 1 aliphatic rings. The largest absolute Gasteiger partial charge is 0.309 e. The molecule has 1 aliphatic carbocycles. The number of nitrogens with one attached hydrogen (secondary N) is 1. The van der Waals surface area contributed by atoms with E-state index in [0.717, 1.165) is 52.2 Å². The molecule has 4 nitrogen and oxygen atoms in total. The molecule has 1 unspecified atom stereocenters. The Labute approximate surface area is 184 Å². The molecule has 0 aliphatic heterocycles. The van der Waals surface area contributed by atoms with Gasteiger partial charge in [0.05, 0.1) is 18.3 Å². The molecule has 0 saturated heterocycles. The van der Waals surface area contributed by atoms with Crippen LogP contribution in [0.15, 0.2) is 65.7 Å². The molecule has 5 rings (SSSR count). The van der Waals surface area contributed by atoms with Crippen LogP contribution < -0.4 is 10.9 Å². The van der Waals surface area contributed by atoms with Crippen molar-refractivity contribution in [2.45, 2.75) is 38.4 Å². The van der Waals surface area contributed by atoms with Crippen LogP contribution >= 0.6 is 22.9 Å². The van der Waals surface area contributed by atoms with Crippen LogP contribution in [0.1, 0.15) is 28.0 Å². The minimum Gasteiger partial charge on any atom is -0.309 e. The van der Waals surface area contributed by atoms with Crippen LogP contribution in [0.25, 0.3) is 10.2 Å². The number of hydrogen-bond acceptors (Lipinski definition) is 4. The van der Waals surface area contributed by atoms with Gasteiger partial charge in [0.2, 0.25) is 0 Å². The number of rotatable bonds is 5. The average molecular weight is 436 g/mol. The van der Waals surface area contributed by atoms with Crippen molar-refractivity contribution in [1.82, 2.24) is 14.9 Å². The minimum atomic E-state index is 0.0730. The lowest BCUT2D eigenvalue weighted by atomic mass is 9.93. The average Bonchev–Trinajstić information content (AvgIpc) is 3.14. The minimum absolute atomic E-state index is 0.0730. The molecule has 152 valence electrons. The lowest BCUT2D eigenvalue weighted by Gasteiger charge is -2.23. The normalized spacial score (nSPS) is 16.0. The predicted molar refractivity (Wildman–Crippen MR) is 124 cm³/mol. The summed E-state index contributed by atoms with van der Waals surface area (Å²) in [6.07, 6.45) is 4.53. The van der Waals surface area contributed by atoms with E-state index in [0.29, 0.717) is 12.6 Å². The van der Waals surface area contributed by atoms with Crippen molar-refractivity contribution in [1.29, 1.82) is 0 Å². The number of nitrogens with zero attached hydrogens (tertiary/aromatic N) is 2. The molecule has 0 fully saturated rings. The Bertz CT molecular complexity index is 1250. The molecule has 1 N–H and O–H groups in total. The molecule has 2 heterocycles. The highest BCUT2D eigenvalue weighted by molar-refractivity contribution is 7.18. The second-order valence-electron chi connectivity index (χ2n) is 7.76. The second kappa shape index (κ2) is 8.34. The molecule has 2 aromatic heterocycles. The van der Waals surface area contributed by atoms with Crippen molar-refractivity contribution < 1.29 is 0 Å². The van der Waals surface area contributed by atoms with Crippen LogP contribution in [0.4, 0.5) is 0 Å². The first-order chi connectivity index (χ1) is 14.7. The van der Waals surface area contributed by atoms with Crippen molar-refractivity contribution in [3.05, 3.63) is 97.9 Å². The van der Waals surface area contributed by atoms with Gasteiger partial charge < -0.3 is 5.32 Å². The van der Waals surface area contributed by atoms with Crippen LogP contribution in [0.3, 0.4) is 0 Å². The number of benzene rings is 2. The number of hydrogen-bond donors (Lipinski definition) is 1. The highest BCUT2D eigenvalue weighted by Gasteiger charge is 2.25. The van der Waals surface area contributed by atoms with Gasteiger partial charge in [-0.15, -0.1) is 11.3 Å². The molecule has 0 saturated carbocycles. The summed E-state index contributed by atoms with van der Waals surface area (Å²) in [6, 6.07) is 18.4. The van der Waals surface area contributed by atoms with Gasteiger partial charge >= 0.3 is 0 Å². The van der Waals surface area contributed by atoms with E-state index in [4.69, 9.17) is 11.6 Å². The highest BCUT2D eigenvalue weighted by Crippen LogP contribution is 2.33. The van der Waals surface area contributed by atoms with Crippen LogP contribution in [-0.2, 0) is 25.9 Å². The Hall–Kier alpha value is -2.47. The van der Waals surface area contributed by atoms with E-state index in [1.54, 1.807) is 22.2 Å². The van der Waals surface area contributed by atoms with E-state index in [-0.39, 0.29) is 5.56 Å². The zero-order valence-electron chi connectivity index (χ0n) is 16.5. The fraction of sp³-hybridized carbons (Fsp3) is 0.250. The van der Waals surface area contributed by atoms with Crippen molar-refractivity contribution in [2.24, 2.45) is 0 Å². The molecular weight excluding hydrogens is 414 g/mol. The van der Waals surface area contributed by atoms with Gasteiger partial charge in [-0.1, -0.05) is 60.1 Å². The number of aromatic nitrogens is 2. The second-order valence-corrected chi connectivity index (χ2v) is 9.25. The molecule has 1 atom stereocenters. The molecule has 0 bridgehead atoms. The van der Waals surface area contributed by atoms with Crippen LogP contribution in [0, 0.1) is 0 Å². The molecule has 0 amide bonds. The van der Waals surface area contributed by atoms with E-state index in [9.17, 15) is 4.79 Å². The lowest BCUT2D eigenvalue weighted by Crippen LogP contribution is -2.34. The Balaban J connectivity index is 1.37. The molecule has 0 radical (unpaired) electrons. The first-order valence-electron chi connectivity index (χ1n) is 10.2. The van der Waals surface area contributed by atoms with Gasteiger partial charge in [-0.3, -0.25) is 9.36 Å². The molecule has 30 heavy (non-hydrogen) atoms. The third-order valence-corrected chi connectivity index (χ3v) is 7.30. The number of thiophene rings is 1. The van der Waals surface area contributed by atoms with E-state index < -0.39 is 0 Å². The fourth-order valence-electron chi connectivity index (χ4n) is 4.16. The van der Waals surface area contributed by atoms with Gasteiger partial charge in [0.15, 0.2) is 0 Å². The van der Waals surface area contributed by atoms with Crippen molar-refractivity contribution in [3.63, 3.8) is 0 Å². The number of aryl methyl sites for hydroxylation is 1. The summed E-state index contributed by atoms with van der Waals surface area (Å²) in [6.45, 7) is 1.31. The predicted octanol–water partition coefficient (Wildman–Crippen LogP) is 4.81. The van der Waals surface area contributed by atoms with Gasteiger partial charge in [0.25, 0.3) is 5.56 Å². The summed E-state index contributed by atoms with van der Waals surface area (Å²) < 4.78 is 1.73. The maximum Gasteiger partial charge on any atom is 0.262 e. The zero-order valence-corrected chi connectivity index (χ0v) is 18.0. The molecule has 4 aromatic rings. The van der Waals surface area contributed by atoms with Crippen molar-refractivity contribution in [3.8, 4) is 0 Å². The quantitative estimate of drug-likeness (QED) is 0.489. The summed E-state index contributed by atoms with van der Waals surface area (Å²) in [5.41, 5.74) is 3.50. The van der Waals surface area contributed by atoms with Gasteiger partial charge in [0, 0.05) is 22.5 Å². The standard InChI is InChI=1S/C24H22ClN3OS/c25-20-9-5-4-8-17(20)13-26-18-10-11-19-21(12-18)30-23-22(19)24(29)28(15-27-23)14-16-6-2-1-3-7-16/h1-9,15,18,26H,10-14H2. The van der Waals surface area contributed by atoms with Crippen LogP contribution in [0.2, 0.25) is 5.02 Å². The molecule has 0 spiro atoms. The van der Waals surface area contributed by atoms with E-state index in [2.05, 4.69) is 16.4 Å². The summed E-state index contributed by atoms with van der Waals surface area (Å²) in [5.74, 6) is 0. The molecule has 6 heteroatoms. The van der Waals surface area contributed by atoms with E-state index >= 15 is 0 Å². The topological polar surface area (TPSA) is 46.9 Å². The summed E-state index contributed by atoms with van der Waals surface area (Å²) in [4.78, 5) is 20.0.